The predicted octanol–water partition coefficient (Wildman–Crippen LogP) is 1.95. The molecule has 2 atom stereocenters. The van der Waals surface area contributed by atoms with Gasteiger partial charge < -0.3 is 14.7 Å². The molecule has 0 bridgehead atoms. The molecular weight excluding hydrogens is 236 g/mol. The van der Waals surface area contributed by atoms with E-state index in [1.54, 1.807) is 18.4 Å². The van der Waals surface area contributed by atoms with E-state index in [0.29, 0.717) is 12.1 Å². The molecule has 0 radical (unpaired) electrons. The molecule has 96 valence electrons. The molecule has 0 saturated carbocycles. The molecule has 1 aromatic heterocycles. The summed E-state index contributed by atoms with van der Waals surface area (Å²) >= 11 is 1.60. The molecule has 0 amide bonds. The second-order valence-corrected chi connectivity index (χ2v) is 5.65. The van der Waals surface area contributed by atoms with Gasteiger partial charge in [-0.15, -0.1) is 0 Å². The van der Waals surface area contributed by atoms with Crippen molar-refractivity contribution in [3.63, 3.8) is 0 Å². The fourth-order valence-electron chi connectivity index (χ4n) is 2.31. The van der Waals surface area contributed by atoms with Gasteiger partial charge >= 0.3 is 0 Å². The minimum absolute atomic E-state index is 0.0897. The Morgan fingerprint density at radius 1 is 1.59 bits per heavy atom. The average Bonchev–Trinajstić information content (AvgIpc) is 2.70. The van der Waals surface area contributed by atoms with Gasteiger partial charge in [0.2, 0.25) is 0 Å². The lowest BCUT2D eigenvalue weighted by Crippen LogP contribution is -2.43. The minimum atomic E-state index is 0.0897. The molecule has 0 aromatic carbocycles. The number of piperidine rings is 1. The van der Waals surface area contributed by atoms with Crippen LogP contribution in [-0.2, 0) is 11.3 Å². The fraction of sp³-hybridized carbons (Fsp3) is 0.750. The van der Waals surface area contributed by atoms with Crippen molar-refractivity contribution >= 4 is 16.5 Å². The van der Waals surface area contributed by atoms with Gasteiger partial charge in [0.25, 0.3) is 0 Å². The number of rotatable bonds is 3. The summed E-state index contributed by atoms with van der Waals surface area (Å²) in [6.07, 6.45) is 2.47. The molecule has 1 aliphatic heterocycles. The molecule has 2 unspecified atom stereocenters. The lowest BCUT2D eigenvalue weighted by atomic mass is 10.0. The van der Waals surface area contributed by atoms with E-state index in [1.807, 2.05) is 6.92 Å². The first-order valence-electron chi connectivity index (χ1n) is 6.02. The van der Waals surface area contributed by atoms with Crippen LogP contribution in [0.15, 0.2) is 0 Å². The van der Waals surface area contributed by atoms with Crippen molar-refractivity contribution in [3.05, 3.63) is 10.6 Å². The van der Waals surface area contributed by atoms with Gasteiger partial charge in [-0.3, -0.25) is 0 Å². The first-order chi connectivity index (χ1) is 8.15. The zero-order chi connectivity index (χ0) is 12.4. The summed E-state index contributed by atoms with van der Waals surface area (Å²) in [5.41, 5.74) is 0.952. The van der Waals surface area contributed by atoms with E-state index in [-0.39, 0.29) is 6.61 Å². The molecule has 2 heterocycles. The predicted molar refractivity (Wildman–Crippen MR) is 69.6 cm³/mol. The Kier molecular flexibility index (Phi) is 4.01. The number of aryl methyl sites for hydroxylation is 1. The number of thiazole rings is 1. The third-order valence-electron chi connectivity index (χ3n) is 3.43. The number of methoxy groups -OCH3 is 1. The van der Waals surface area contributed by atoms with Crippen LogP contribution < -0.4 is 4.90 Å². The van der Waals surface area contributed by atoms with Gasteiger partial charge in [0.15, 0.2) is 5.13 Å². The number of aromatic nitrogens is 1. The van der Waals surface area contributed by atoms with Crippen molar-refractivity contribution in [2.45, 2.75) is 45.4 Å². The van der Waals surface area contributed by atoms with Crippen molar-refractivity contribution in [1.82, 2.24) is 4.98 Å². The highest BCUT2D eigenvalue weighted by Crippen LogP contribution is 2.31. The van der Waals surface area contributed by atoms with E-state index in [4.69, 9.17) is 4.74 Å². The van der Waals surface area contributed by atoms with Crippen LogP contribution in [0, 0.1) is 6.92 Å². The summed E-state index contributed by atoms with van der Waals surface area (Å²) in [6.45, 7) is 5.24. The van der Waals surface area contributed by atoms with Gasteiger partial charge in [-0.25, -0.2) is 4.98 Å². The van der Waals surface area contributed by atoms with Crippen molar-refractivity contribution < 1.29 is 9.84 Å². The lowest BCUT2D eigenvalue weighted by Gasteiger charge is -2.36. The zero-order valence-electron chi connectivity index (χ0n) is 10.6. The second kappa shape index (κ2) is 5.33. The van der Waals surface area contributed by atoms with Crippen LogP contribution in [0.5, 0.6) is 0 Å². The van der Waals surface area contributed by atoms with Crippen molar-refractivity contribution in [2.24, 2.45) is 0 Å². The number of anilines is 1. The molecule has 0 spiro atoms. The van der Waals surface area contributed by atoms with Crippen LogP contribution in [0.2, 0.25) is 0 Å². The average molecular weight is 256 g/mol. The zero-order valence-corrected chi connectivity index (χ0v) is 11.5. The molecule has 17 heavy (non-hydrogen) atoms. The van der Waals surface area contributed by atoms with Gasteiger partial charge in [0.1, 0.15) is 0 Å². The molecule has 1 N–H and O–H groups in total. The summed E-state index contributed by atoms with van der Waals surface area (Å²) in [7, 11) is 1.78. The normalized spacial score (nSPS) is 25.3. The summed E-state index contributed by atoms with van der Waals surface area (Å²) in [5.74, 6) is 0. The smallest absolute Gasteiger partial charge is 0.186 e. The molecule has 1 aromatic rings. The first kappa shape index (κ1) is 12.8. The Bertz CT molecular complexity index is 381. The van der Waals surface area contributed by atoms with E-state index < -0.39 is 0 Å². The van der Waals surface area contributed by atoms with Crippen LogP contribution in [0.3, 0.4) is 0 Å². The van der Waals surface area contributed by atoms with Gasteiger partial charge in [-0.1, -0.05) is 11.3 Å². The van der Waals surface area contributed by atoms with Gasteiger partial charge in [-0.05, 0) is 26.7 Å². The van der Waals surface area contributed by atoms with Crippen LogP contribution in [-0.4, -0.2) is 35.9 Å². The Morgan fingerprint density at radius 3 is 2.88 bits per heavy atom. The molecular formula is C12H20N2O2S. The van der Waals surface area contributed by atoms with Crippen LogP contribution in [0.4, 0.5) is 5.13 Å². The minimum Gasteiger partial charge on any atom is -0.391 e. The van der Waals surface area contributed by atoms with Crippen molar-refractivity contribution in [1.29, 1.82) is 0 Å². The summed E-state index contributed by atoms with van der Waals surface area (Å²) in [6, 6.07) is 0.450. The highest BCUT2D eigenvalue weighted by molar-refractivity contribution is 7.15. The summed E-state index contributed by atoms with van der Waals surface area (Å²) < 4.78 is 5.41. The van der Waals surface area contributed by atoms with Gasteiger partial charge in [-0.2, -0.15) is 0 Å². The van der Waals surface area contributed by atoms with Crippen LogP contribution in [0.1, 0.15) is 30.3 Å². The monoisotopic (exact) mass is 256 g/mol. The Hall–Kier alpha value is -0.650. The third-order valence-corrected chi connectivity index (χ3v) is 4.61. The number of nitrogens with zero attached hydrogens (tertiary/aromatic N) is 2. The largest absolute Gasteiger partial charge is 0.391 e. The Labute approximate surface area is 106 Å². The molecule has 1 fully saturated rings. The van der Waals surface area contributed by atoms with Crippen molar-refractivity contribution in [2.75, 3.05) is 18.6 Å². The third kappa shape index (κ3) is 2.61. The Balaban J connectivity index is 2.11. The molecule has 0 aliphatic carbocycles. The molecule has 1 saturated heterocycles. The standard InChI is InChI=1S/C12H20N2O2S/c1-8-6-10(16-3)4-5-14(8)12-13-9(2)11(7-15)17-12/h8,10,15H,4-7H2,1-3H3. The quantitative estimate of drug-likeness (QED) is 0.898. The van der Waals surface area contributed by atoms with Crippen LogP contribution in [0.25, 0.3) is 0 Å². The second-order valence-electron chi connectivity index (χ2n) is 4.59. The maximum Gasteiger partial charge on any atom is 0.186 e. The maximum atomic E-state index is 9.21. The first-order valence-corrected chi connectivity index (χ1v) is 6.84. The Morgan fingerprint density at radius 2 is 2.35 bits per heavy atom. The van der Waals surface area contributed by atoms with E-state index in [0.717, 1.165) is 35.1 Å². The lowest BCUT2D eigenvalue weighted by molar-refractivity contribution is 0.0721. The molecule has 5 heteroatoms. The maximum absolute atomic E-state index is 9.21. The van der Waals surface area contributed by atoms with Gasteiger partial charge in [0.05, 0.1) is 23.3 Å². The number of ether oxygens (including phenoxy) is 1. The van der Waals surface area contributed by atoms with Crippen molar-refractivity contribution in [3.8, 4) is 0 Å². The molecule has 2 rings (SSSR count). The highest BCUT2D eigenvalue weighted by Gasteiger charge is 2.27. The number of hydrogen-bond acceptors (Lipinski definition) is 5. The van der Waals surface area contributed by atoms with E-state index >= 15 is 0 Å². The van der Waals surface area contributed by atoms with Gasteiger partial charge in [0, 0.05) is 19.7 Å². The van der Waals surface area contributed by atoms with E-state index in [9.17, 15) is 5.11 Å². The molecule has 1 aliphatic rings. The highest BCUT2D eigenvalue weighted by atomic mass is 32.1. The topological polar surface area (TPSA) is 45.6 Å². The van der Waals surface area contributed by atoms with E-state index in [1.165, 1.54) is 0 Å². The number of hydrogen-bond donors (Lipinski definition) is 1. The number of aliphatic hydroxyl groups is 1. The van der Waals surface area contributed by atoms with Crippen LogP contribution >= 0.6 is 11.3 Å². The number of aliphatic hydroxyl groups excluding tert-OH is 1. The van der Waals surface area contributed by atoms with E-state index in [2.05, 4.69) is 16.8 Å². The SMILES string of the molecule is COC1CCN(c2nc(C)c(CO)s2)C(C)C1. The summed E-state index contributed by atoms with van der Waals surface area (Å²) in [5, 5.41) is 10.2. The fourth-order valence-corrected chi connectivity index (χ4v) is 3.36. The summed E-state index contributed by atoms with van der Waals surface area (Å²) in [4.78, 5) is 7.85. The molecule has 4 nitrogen and oxygen atoms in total.